The van der Waals surface area contributed by atoms with E-state index in [1.54, 1.807) is 6.07 Å². The first-order valence-electron chi connectivity index (χ1n) is 12.0. The van der Waals surface area contributed by atoms with Crippen molar-refractivity contribution in [3.8, 4) is 11.5 Å². The topological polar surface area (TPSA) is 94.4 Å². The molecular weight excluding hydrogens is 434 g/mol. The predicted octanol–water partition coefficient (Wildman–Crippen LogP) is 7.02. The number of carbonyl (C=O) groups excluding carboxylic acids is 1. The smallest absolute Gasteiger partial charge is 0.494 e. The molecular formula is C27H35NO6. The fourth-order valence-corrected chi connectivity index (χ4v) is 3.39. The number of carbonyl (C=O) groups is 2. The largest absolute Gasteiger partial charge is 0.511 e. The van der Waals surface area contributed by atoms with Gasteiger partial charge < -0.3 is 19.4 Å². The molecule has 0 fully saturated rings. The minimum atomic E-state index is -1.39. The number of hydrogen-bond donors (Lipinski definition) is 1. The molecule has 0 aromatic heterocycles. The molecule has 2 aromatic carbocycles. The fourth-order valence-electron chi connectivity index (χ4n) is 3.39. The van der Waals surface area contributed by atoms with Crippen LogP contribution in [0.25, 0.3) is 0 Å². The van der Waals surface area contributed by atoms with E-state index in [2.05, 4.69) is 19.0 Å². The summed E-state index contributed by atoms with van der Waals surface area (Å²) in [5.41, 5.74) is 1.71. The zero-order chi connectivity index (χ0) is 24.6. The molecule has 0 aliphatic rings. The highest BCUT2D eigenvalue weighted by Gasteiger charge is 2.14. The van der Waals surface area contributed by atoms with Crippen LogP contribution in [0.4, 0.5) is 4.79 Å². The molecule has 2 aromatic rings. The lowest BCUT2D eigenvalue weighted by molar-refractivity contribution is 0.0519. The van der Waals surface area contributed by atoms with E-state index in [1.165, 1.54) is 37.6 Å². The molecule has 0 heterocycles. The molecule has 7 nitrogen and oxygen atoms in total. The summed E-state index contributed by atoms with van der Waals surface area (Å²) in [5, 5.41) is 12.7. The van der Waals surface area contributed by atoms with Crippen molar-refractivity contribution in [1.82, 2.24) is 0 Å². The Labute approximate surface area is 201 Å². The molecule has 2 rings (SSSR count). The second-order valence-corrected chi connectivity index (χ2v) is 8.09. The first-order valence-corrected chi connectivity index (χ1v) is 12.0. The highest BCUT2D eigenvalue weighted by Crippen LogP contribution is 2.23. The quantitative estimate of drug-likeness (QED) is 0.0752. The molecule has 0 bridgehead atoms. The van der Waals surface area contributed by atoms with Crippen LogP contribution in [0.3, 0.4) is 0 Å². The van der Waals surface area contributed by atoms with E-state index in [-0.39, 0.29) is 11.3 Å². The Morgan fingerprint density at radius 1 is 0.912 bits per heavy atom. The Kier molecular flexibility index (Phi) is 12.2. The highest BCUT2D eigenvalue weighted by atomic mass is 16.7. The Hall–Kier alpha value is -3.35. The number of hydrogen-bond acceptors (Lipinski definition) is 6. The summed E-state index contributed by atoms with van der Waals surface area (Å²) in [6, 6.07) is 11.9. The normalized spacial score (nSPS) is 10.9. The van der Waals surface area contributed by atoms with Crippen LogP contribution >= 0.6 is 0 Å². The standard InChI is InChI=1S/C27H35NO6/c1-3-5-7-9-11-22-19-23(14-17-25(22)33-27(30)31)26(29)34-28-20-21-12-15-24(16-13-21)32-18-10-8-6-4-2/h12-17,19-20H,3-11,18H2,1-2H3,(H,30,31). The van der Waals surface area contributed by atoms with Gasteiger partial charge in [0.1, 0.15) is 11.5 Å². The first kappa shape index (κ1) is 26.9. The van der Waals surface area contributed by atoms with Crippen LogP contribution in [0, 0.1) is 0 Å². The zero-order valence-electron chi connectivity index (χ0n) is 20.1. The van der Waals surface area contributed by atoms with E-state index >= 15 is 0 Å². The van der Waals surface area contributed by atoms with Gasteiger partial charge in [-0.05, 0) is 72.9 Å². The van der Waals surface area contributed by atoms with Gasteiger partial charge in [0.05, 0.1) is 18.4 Å². The maximum atomic E-state index is 12.4. The summed E-state index contributed by atoms with van der Waals surface area (Å²) in [4.78, 5) is 28.4. The summed E-state index contributed by atoms with van der Waals surface area (Å²) in [7, 11) is 0. The molecule has 0 saturated carbocycles. The van der Waals surface area contributed by atoms with Gasteiger partial charge in [-0.2, -0.15) is 0 Å². The maximum Gasteiger partial charge on any atom is 0.511 e. The third-order valence-corrected chi connectivity index (χ3v) is 5.28. The van der Waals surface area contributed by atoms with Crippen molar-refractivity contribution in [3.05, 3.63) is 59.2 Å². The Morgan fingerprint density at radius 3 is 2.29 bits per heavy atom. The van der Waals surface area contributed by atoms with Crippen LogP contribution in [0.1, 0.15) is 86.7 Å². The number of aryl methyl sites for hydroxylation is 1. The van der Waals surface area contributed by atoms with Crippen molar-refractivity contribution in [2.24, 2.45) is 5.16 Å². The number of oxime groups is 1. The Morgan fingerprint density at radius 2 is 1.62 bits per heavy atom. The van der Waals surface area contributed by atoms with Gasteiger partial charge in [0.15, 0.2) is 0 Å². The minimum absolute atomic E-state index is 0.233. The van der Waals surface area contributed by atoms with E-state index in [1.807, 2.05) is 24.3 Å². The van der Waals surface area contributed by atoms with Crippen molar-refractivity contribution in [2.75, 3.05) is 6.61 Å². The summed E-state index contributed by atoms with van der Waals surface area (Å²) in [6.07, 6.45) is 9.39. The molecule has 0 atom stereocenters. The van der Waals surface area contributed by atoms with Crippen molar-refractivity contribution in [1.29, 1.82) is 0 Å². The molecule has 7 heteroatoms. The number of unbranched alkanes of at least 4 members (excludes halogenated alkanes) is 6. The molecule has 1 N–H and O–H groups in total. The van der Waals surface area contributed by atoms with Crippen LogP contribution < -0.4 is 9.47 Å². The van der Waals surface area contributed by atoms with Gasteiger partial charge in [-0.15, -0.1) is 0 Å². The van der Waals surface area contributed by atoms with Gasteiger partial charge in [-0.25, -0.2) is 9.59 Å². The van der Waals surface area contributed by atoms with Crippen molar-refractivity contribution in [3.63, 3.8) is 0 Å². The van der Waals surface area contributed by atoms with E-state index in [0.29, 0.717) is 18.6 Å². The lowest BCUT2D eigenvalue weighted by Crippen LogP contribution is -2.08. The third kappa shape index (κ3) is 10.1. The summed E-state index contributed by atoms with van der Waals surface area (Å²) < 4.78 is 10.6. The molecule has 0 radical (unpaired) electrons. The molecule has 0 unspecified atom stereocenters. The zero-order valence-corrected chi connectivity index (χ0v) is 20.1. The van der Waals surface area contributed by atoms with Crippen LogP contribution in [0.2, 0.25) is 0 Å². The van der Waals surface area contributed by atoms with Gasteiger partial charge in [0, 0.05) is 0 Å². The van der Waals surface area contributed by atoms with Gasteiger partial charge in [-0.3, -0.25) is 0 Å². The summed E-state index contributed by atoms with van der Waals surface area (Å²) >= 11 is 0. The van der Waals surface area contributed by atoms with Gasteiger partial charge in [0.2, 0.25) is 0 Å². The lowest BCUT2D eigenvalue weighted by Gasteiger charge is -2.09. The molecule has 184 valence electrons. The van der Waals surface area contributed by atoms with Crippen molar-refractivity contribution in [2.45, 2.75) is 71.6 Å². The van der Waals surface area contributed by atoms with Gasteiger partial charge >= 0.3 is 12.1 Å². The third-order valence-electron chi connectivity index (χ3n) is 5.28. The molecule has 0 aliphatic heterocycles. The highest BCUT2D eigenvalue weighted by molar-refractivity contribution is 5.90. The minimum Gasteiger partial charge on any atom is -0.494 e. The number of carboxylic acid groups (broad SMARTS) is 1. The predicted molar refractivity (Wildman–Crippen MR) is 132 cm³/mol. The van der Waals surface area contributed by atoms with E-state index in [0.717, 1.165) is 43.4 Å². The van der Waals surface area contributed by atoms with Crippen molar-refractivity contribution >= 4 is 18.3 Å². The molecule has 0 amide bonds. The fraction of sp³-hybridized carbons (Fsp3) is 0.444. The van der Waals surface area contributed by atoms with E-state index in [4.69, 9.17) is 19.4 Å². The monoisotopic (exact) mass is 469 g/mol. The van der Waals surface area contributed by atoms with Crippen LogP contribution in [0.5, 0.6) is 11.5 Å². The van der Waals surface area contributed by atoms with Gasteiger partial charge in [-0.1, -0.05) is 57.5 Å². The number of ether oxygens (including phenoxy) is 2. The second-order valence-electron chi connectivity index (χ2n) is 8.09. The number of benzene rings is 2. The number of nitrogens with zero attached hydrogens (tertiary/aromatic N) is 1. The first-order chi connectivity index (χ1) is 16.5. The van der Waals surface area contributed by atoms with Crippen LogP contribution in [0.15, 0.2) is 47.6 Å². The van der Waals surface area contributed by atoms with Crippen molar-refractivity contribution < 1.29 is 29.0 Å². The molecule has 0 aliphatic carbocycles. The van der Waals surface area contributed by atoms with Crippen LogP contribution in [-0.2, 0) is 11.3 Å². The van der Waals surface area contributed by atoms with Gasteiger partial charge in [0.25, 0.3) is 0 Å². The van der Waals surface area contributed by atoms with E-state index in [9.17, 15) is 9.59 Å². The average Bonchev–Trinajstić information content (AvgIpc) is 2.83. The van der Waals surface area contributed by atoms with E-state index < -0.39 is 12.1 Å². The Balaban J connectivity index is 1.91. The Bertz CT molecular complexity index is 923. The van der Waals surface area contributed by atoms with Crippen LogP contribution in [-0.4, -0.2) is 30.1 Å². The lowest BCUT2D eigenvalue weighted by atomic mass is 10.0. The maximum absolute atomic E-state index is 12.4. The molecule has 34 heavy (non-hydrogen) atoms. The average molecular weight is 470 g/mol. The molecule has 0 saturated heterocycles. The molecule has 0 spiro atoms. The number of rotatable bonds is 15. The summed E-state index contributed by atoms with van der Waals surface area (Å²) in [5.74, 6) is 0.400. The second kappa shape index (κ2) is 15.5. The SMILES string of the molecule is CCCCCCOc1ccc(C=NOC(=O)c2ccc(OC(=O)O)c(CCCCCC)c2)cc1. The summed E-state index contributed by atoms with van der Waals surface area (Å²) in [6.45, 7) is 4.99.